The zero-order chi connectivity index (χ0) is 18.8. The number of hydrogen-bond donors (Lipinski definition) is 3. The molecule has 0 aromatic rings. The third-order valence-corrected chi connectivity index (χ3v) is 3.71. The third-order valence-electron chi connectivity index (χ3n) is 3.71. The monoisotopic (exact) mass is 346 g/mol. The van der Waals surface area contributed by atoms with Crippen molar-refractivity contribution >= 4 is 17.9 Å². The molecule has 0 saturated heterocycles. The summed E-state index contributed by atoms with van der Waals surface area (Å²) in [6.45, 7) is 3.72. The summed E-state index contributed by atoms with van der Waals surface area (Å²) in [6.07, 6.45) is 11.6. The van der Waals surface area contributed by atoms with Gasteiger partial charge in [0, 0.05) is 12.8 Å². The number of carbonyl (C=O) groups is 3. The zero-order valence-corrected chi connectivity index (χ0v) is 15.1. The fraction of sp³-hybridized carbons (Fsp3) is 0.833. The minimum atomic E-state index is -0.951. The molecule has 1 atom stereocenters. The van der Waals surface area contributed by atoms with Gasteiger partial charge in [-0.1, -0.05) is 65.2 Å². The van der Waals surface area contributed by atoms with Gasteiger partial charge in [0.1, 0.15) is 0 Å². The first-order valence-electron chi connectivity index (χ1n) is 8.97. The molecule has 0 fully saturated rings. The van der Waals surface area contributed by atoms with Crippen LogP contribution in [0.1, 0.15) is 90.9 Å². The van der Waals surface area contributed by atoms with Crippen molar-refractivity contribution in [3.05, 3.63) is 0 Å². The summed E-state index contributed by atoms with van der Waals surface area (Å²) in [7, 11) is 0. The first-order chi connectivity index (χ1) is 11.3. The molecule has 0 aromatic heterocycles. The van der Waals surface area contributed by atoms with Crippen LogP contribution in [0.3, 0.4) is 0 Å². The lowest BCUT2D eigenvalue weighted by molar-refractivity contribution is -0.142. The van der Waals surface area contributed by atoms with Crippen molar-refractivity contribution in [1.82, 2.24) is 0 Å². The third kappa shape index (κ3) is 22.7. The molecule has 1 unspecified atom stereocenters. The number of carboxylic acids is 3. The average Bonchev–Trinajstić information content (AvgIpc) is 2.51. The second kappa shape index (κ2) is 17.8. The summed E-state index contributed by atoms with van der Waals surface area (Å²) in [5.41, 5.74) is 0. The molecule has 0 spiro atoms. The Kier molecular flexibility index (Phi) is 18.2. The van der Waals surface area contributed by atoms with Crippen LogP contribution in [-0.2, 0) is 14.4 Å². The van der Waals surface area contributed by atoms with Gasteiger partial charge in [0.05, 0.1) is 5.92 Å². The lowest BCUT2D eigenvalue weighted by Crippen LogP contribution is -2.11. The van der Waals surface area contributed by atoms with E-state index in [9.17, 15) is 14.4 Å². The van der Waals surface area contributed by atoms with Gasteiger partial charge in [-0.2, -0.15) is 0 Å². The van der Waals surface area contributed by atoms with E-state index >= 15 is 0 Å². The Morgan fingerprint density at radius 2 is 1.12 bits per heavy atom. The number of aliphatic carboxylic acids is 3. The van der Waals surface area contributed by atoms with E-state index in [-0.39, 0.29) is 12.8 Å². The van der Waals surface area contributed by atoms with Crippen LogP contribution < -0.4 is 0 Å². The van der Waals surface area contributed by atoms with Gasteiger partial charge in [-0.25, -0.2) is 0 Å². The molecule has 0 aromatic carbocycles. The summed E-state index contributed by atoms with van der Waals surface area (Å²) in [5, 5.41) is 24.9. The van der Waals surface area contributed by atoms with E-state index in [4.69, 9.17) is 15.3 Å². The Morgan fingerprint density at radius 3 is 1.50 bits per heavy atom. The SMILES string of the molecule is CC(CCC(=O)O)C(=O)O.CCCCCCCCCCCC(=O)O. The molecule has 0 rings (SSSR count). The van der Waals surface area contributed by atoms with Gasteiger partial charge in [-0.05, 0) is 12.8 Å². The summed E-state index contributed by atoms with van der Waals surface area (Å²) in [6, 6.07) is 0. The van der Waals surface area contributed by atoms with Crippen molar-refractivity contribution in [3.63, 3.8) is 0 Å². The van der Waals surface area contributed by atoms with Crippen LogP contribution in [0.4, 0.5) is 0 Å². The molecule has 0 aliphatic rings. The van der Waals surface area contributed by atoms with Gasteiger partial charge in [-0.15, -0.1) is 0 Å². The Balaban J connectivity index is 0. The van der Waals surface area contributed by atoms with E-state index in [0.717, 1.165) is 12.8 Å². The predicted molar refractivity (Wildman–Crippen MR) is 93.1 cm³/mol. The first kappa shape index (κ1) is 24.7. The molecular weight excluding hydrogens is 312 g/mol. The summed E-state index contributed by atoms with van der Waals surface area (Å²) < 4.78 is 0. The maximum absolute atomic E-state index is 10.2. The van der Waals surface area contributed by atoms with Gasteiger partial charge in [-0.3, -0.25) is 14.4 Å². The molecule has 6 nitrogen and oxygen atoms in total. The molecule has 0 bridgehead atoms. The van der Waals surface area contributed by atoms with Crippen molar-refractivity contribution in [3.8, 4) is 0 Å². The van der Waals surface area contributed by atoms with Gasteiger partial charge >= 0.3 is 17.9 Å². The van der Waals surface area contributed by atoms with E-state index in [1.54, 1.807) is 0 Å². The summed E-state index contributed by atoms with van der Waals surface area (Å²) >= 11 is 0. The summed E-state index contributed by atoms with van der Waals surface area (Å²) in [5.74, 6) is -3.11. The van der Waals surface area contributed by atoms with Crippen LogP contribution in [0.15, 0.2) is 0 Å². The van der Waals surface area contributed by atoms with Crippen molar-refractivity contribution in [2.75, 3.05) is 0 Å². The fourth-order valence-electron chi connectivity index (χ4n) is 2.05. The quantitative estimate of drug-likeness (QED) is 0.397. The Hall–Kier alpha value is -1.59. The van der Waals surface area contributed by atoms with Crippen LogP contribution in [0.5, 0.6) is 0 Å². The molecule has 0 aliphatic heterocycles. The lowest BCUT2D eigenvalue weighted by atomic mass is 10.1. The number of carboxylic acid groups (broad SMARTS) is 3. The minimum Gasteiger partial charge on any atom is -0.481 e. The first-order valence-corrected chi connectivity index (χ1v) is 8.97. The molecular formula is C18H34O6. The van der Waals surface area contributed by atoms with Crippen LogP contribution >= 0.6 is 0 Å². The molecule has 0 aliphatic carbocycles. The molecule has 3 N–H and O–H groups in total. The van der Waals surface area contributed by atoms with Crippen molar-refractivity contribution in [2.24, 2.45) is 5.92 Å². The van der Waals surface area contributed by atoms with E-state index < -0.39 is 23.8 Å². The second-order valence-electron chi connectivity index (χ2n) is 6.14. The molecule has 0 heterocycles. The molecule has 0 radical (unpaired) electrons. The van der Waals surface area contributed by atoms with E-state index in [2.05, 4.69) is 6.92 Å². The van der Waals surface area contributed by atoms with Gasteiger partial charge in [0.25, 0.3) is 0 Å². The number of rotatable bonds is 14. The highest BCUT2D eigenvalue weighted by molar-refractivity contribution is 5.71. The number of hydrogen-bond acceptors (Lipinski definition) is 3. The van der Waals surface area contributed by atoms with Gasteiger partial charge in [0.2, 0.25) is 0 Å². The Labute approximate surface area is 145 Å². The molecule has 0 amide bonds. The largest absolute Gasteiger partial charge is 0.481 e. The standard InChI is InChI=1S/C12H24O2.C6H10O4/c1-2-3-4-5-6-7-8-9-10-11-12(13)14;1-4(6(9)10)2-3-5(7)8/h2-11H2,1H3,(H,13,14);4H,2-3H2,1H3,(H,7,8)(H,9,10). The fourth-order valence-corrected chi connectivity index (χ4v) is 2.05. The molecule has 0 saturated carbocycles. The smallest absolute Gasteiger partial charge is 0.306 e. The van der Waals surface area contributed by atoms with Gasteiger partial charge in [0.15, 0.2) is 0 Å². The predicted octanol–water partition coefficient (Wildman–Crippen LogP) is 4.56. The summed E-state index contributed by atoms with van der Waals surface area (Å²) in [4.78, 5) is 30.3. The highest BCUT2D eigenvalue weighted by atomic mass is 16.4. The maximum atomic E-state index is 10.2. The zero-order valence-electron chi connectivity index (χ0n) is 15.1. The van der Waals surface area contributed by atoms with E-state index in [1.807, 2.05) is 0 Å². The molecule has 24 heavy (non-hydrogen) atoms. The second-order valence-corrected chi connectivity index (χ2v) is 6.14. The maximum Gasteiger partial charge on any atom is 0.306 e. The van der Waals surface area contributed by atoms with Crippen LogP contribution in [0.25, 0.3) is 0 Å². The van der Waals surface area contributed by atoms with Crippen LogP contribution in [-0.4, -0.2) is 33.2 Å². The van der Waals surface area contributed by atoms with E-state index in [0.29, 0.717) is 6.42 Å². The number of unbranched alkanes of at least 4 members (excludes halogenated alkanes) is 8. The average molecular weight is 346 g/mol. The highest BCUT2D eigenvalue weighted by Gasteiger charge is 2.11. The topological polar surface area (TPSA) is 112 Å². The minimum absolute atomic E-state index is 0.0759. The van der Waals surface area contributed by atoms with Crippen LogP contribution in [0.2, 0.25) is 0 Å². The normalized spacial score (nSPS) is 11.2. The van der Waals surface area contributed by atoms with Crippen LogP contribution in [0, 0.1) is 5.92 Å². The Morgan fingerprint density at radius 1 is 0.708 bits per heavy atom. The van der Waals surface area contributed by atoms with Crippen molar-refractivity contribution < 1.29 is 29.7 Å². The van der Waals surface area contributed by atoms with Gasteiger partial charge < -0.3 is 15.3 Å². The van der Waals surface area contributed by atoms with E-state index in [1.165, 1.54) is 51.9 Å². The Bertz CT molecular complexity index is 340. The van der Waals surface area contributed by atoms with Crippen molar-refractivity contribution in [2.45, 2.75) is 90.9 Å². The molecule has 6 heteroatoms. The van der Waals surface area contributed by atoms with Crippen molar-refractivity contribution in [1.29, 1.82) is 0 Å². The molecule has 142 valence electrons. The highest BCUT2D eigenvalue weighted by Crippen LogP contribution is 2.10. The lowest BCUT2D eigenvalue weighted by Gasteiger charge is -2.01.